The highest BCUT2D eigenvalue weighted by Crippen LogP contribution is 2.43. The molecule has 0 saturated carbocycles. The maximum absolute atomic E-state index is 12.7. The minimum absolute atomic E-state index is 0.0965. The third-order valence-electron chi connectivity index (χ3n) is 12.3. The average Bonchev–Trinajstić information content (AvgIpc) is 3.35. The average molecular weight is 1000 g/mol. The second-order valence-corrected chi connectivity index (χ2v) is 20.6. The lowest BCUT2D eigenvalue weighted by atomic mass is 10.0. The molecule has 0 amide bonds. The molecule has 0 aliphatic rings. The summed E-state index contributed by atoms with van der Waals surface area (Å²) in [6, 6.07) is 0. The van der Waals surface area contributed by atoms with E-state index in [9.17, 15) is 14.3 Å². The van der Waals surface area contributed by atoms with Crippen LogP contribution in [-0.2, 0) is 27.9 Å². The Labute approximate surface area is 432 Å². The number of carbonyl (C=O) groups excluding carboxylic acids is 1. The van der Waals surface area contributed by atoms with Crippen molar-refractivity contribution in [1.82, 2.24) is 0 Å². The number of phosphoric ester groups is 1. The Morgan fingerprint density at radius 3 is 1.20 bits per heavy atom. The molecular weight excluding hydrogens is 890 g/mol. The van der Waals surface area contributed by atoms with Crippen LogP contribution in [0.4, 0.5) is 0 Å². The highest BCUT2D eigenvalue weighted by Gasteiger charge is 2.25. The Kier molecular flexibility index (Phi) is 55.7. The van der Waals surface area contributed by atoms with Crippen LogP contribution in [0.25, 0.3) is 0 Å². The first kappa shape index (κ1) is 67.7. The molecule has 0 saturated heterocycles. The molecule has 0 aromatic carbocycles. The monoisotopic (exact) mass is 1000 g/mol. The van der Waals surface area contributed by atoms with E-state index in [0.717, 1.165) is 70.6 Å². The zero-order valence-corrected chi connectivity index (χ0v) is 46.4. The summed E-state index contributed by atoms with van der Waals surface area (Å²) < 4.78 is 33.7. The number of rotatable bonds is 55. The smallest absolute Gasteiger partial charge is 0.457 e. The van der Waals surface area contributed by atoms with Gasteiger partial charge in [0.25, 0.3) is 0 Å². The van der Waals surface area contributed by atoms with Crippen LogP contribution in [-0.4, -0.2) is 49.9 Å². The molecule has 9 heteroatoms. The van der Waals surface area contributed by atoms with Crippen molar-refractivity contribution < 1.29 is 32.8 Å². The molecule has 0 bridgehead atoms. The predicted octanol–water partition coefficient (Wildman–Crippen LogP) is 18.8. The molecule has 0 rings (SSSR count). The van der Waals surface area contributed by atoms with Crippen molar-refractivity contribution in [2.24, 2.45) is 5.73 Å². The number of allylic oxidation sites excluding steroid dienone is 14. The van der Waals surface area contributed by atoms with E-state index in [4.69, 9.17) is 24.3 Å². The van der Waals surface area contributed by atoms with E-state index < -0.39 is 13.9 Å². The van der Waals surface area contributed by atoms with Gasteiger partial charge in [-0.3, -0.25) is 13.8 Å². The lowest BCUT2D eigenvalue weighted by Crippen LogP contribution is -2.28. The fraction of sp³-hybridized carbons (Fsp3) is 0.754. The van der Waals surface area contributed by atoms with Crippen LogP contribution < -0.4 is 5.73 Å². The van der Waals surface area contributed by atoms with Gasteiger partial charge >= 0.3 is 13.8 Å². The van der Waals surface area contributed by atoms with Crippen LogP contribution in [0.3, 0.4) is 0 Å². The molecular formula is C61H110NO7P. The lowest BCUT2D eigenvalue weighted by Gasteiger charge is -2.20. The molecule has 0 aliphatic carbocycles. The van der Waals surface area contributed by atoms with Crippen LogP contribution >= 0.6 is 7.82 Å². The minimum Gasteiger partial charge on any atom is -0.457 e. The summed E-state index contributed by atoms with van der Waals surface area (Å²) in [5.74, 6) is -0.333. The number of hydrogen-bond acceptors (Lipinski definition) is 7. The van der Waals surface area contributed by atoms with E-state index >= 15 is 0 Å². The van der Waals surface area contributed by atoms with E-state index in [1.165, 1.54) is 167 Å². The second-order valence-electron chi connectivity index (χ2n) is 19.1. The molecule has 3 N–H and O–H groups in total. The Hall–Kier alpha value is -2.32. The van der Waals surface area contributed by atoms with Crippen molar-refractivity contribution in [2.45, 2.75) is 264 Å². The molecule has 70 heavy (non-hydrogen) atoms. The second kappa shape index (κ2) is 57.6. The van der Waals surface area contributed by atoms with Gasteiger partial charge in [0.05, 0.1) is 19.8 Å². The van der Waals surface area contributed by atoms with Gasteiger partial charge in [0.1, 0.15) is 6.10 Å². The van der Waals surface area contributed by atoms with E-state index in [1.807, 2.05) is 0 Å². The third-order valence-corrected chi connectivity index (χ3v) is 13.3. The number of esters is 1. The van der Waals surface area contributed by atoms with Gasteiger partial charge in [-0.05, 0) is 89.9 Å². The van der Waals surface area contributed by atoms with Crippen molar-refractivity contribution in [3.05, 3.63) is 85.1 Å². The SMILES string of the molecule is CC/C=C\C/C=C\C/C=C\C/C=C\CCCCCCCCCCCCCCC(=O)OC(COCCCCCCCCCCCCC/C=C\C/C=C\C/C=C\CCCCCCC)COP(=O)(O)OCCN. The predicted molar refractivity (Wildman–Crippen MR) is 302 cm³/mol. The maximum Gasteiger partial charge on any atom is 0.472 e. The summed E-state index contributed by atoms with van der Waals surface area (Å²) in [5.41, 5.74) is 5.40. The molecule has 406 valence electrons. The summed E-state index contributed by atoms with van der Waals surface area (Å²) >= 11 is 0. The number of nitrogens with two attached hydrogens (primary N) is 1. The highest BCUT2D eigenvalue weighted by molar-refractivity contribution is 7.47. The van der Waals surface area contributed by atoms with Crippen molar-refractivity contribution in [3.8, 4) is 0 Å². The zero-order chi connectivity index (χ0) is 50.8. The van der Waals surface area contributed by atoms with Crippen molar-refractivity contribution in [2.75, 3.05) is 33.0 Å². The quantitative estimate of drug-likeness (QED) is 0.0268. The standard InChI is InChI=1S/C61H110NO7P/c1-3-5-7-9-11-13-15-17-19-21-23-25-27-29-31-33-35-37-39-41-43-45-47-49-51-53-56-66-58-60(59-68-70(64,65)67-57-55-62)69-61(63)54-52-50-48-46-44-42-40-38-36-34-32-30-28-26-24-22-20-18-16-14-12-10-8-6-4-2/h6,8,12,14-15,17-18,20-21,23-24,26-27,29,60H,3-5,7,9-11,13,16,19,22,25,28,30-59,62H2,1-2H3,(H,64,65)/b8-6-,14-12-,17-15-,20-18-,23-21-,26-24-,29-27-. The van der Waals surface area contributed by atoms with Gasteiger partial charge in [-0.25, -0.2) is 4.57 Å². The van der Waals surface area contributed by atoms with Crippen LogP contribution in [0.2, 0.25) is 0 Å². The zero-order valence-electron chi connectivity index (χ0n) is 45.5. The van der Waals surface area contributed by atoms with Crippen molar-refractivity contribution in [3.63, 3.8) is 0 Å². The summed E-state index contributed by atoms with van der Waals surface area (Å²) in [5, 5.41) is 0. The Bertz CT molecular complexity index is 1350. The van der Waals surface area contributed by atoms with Crippen LogP contribution in [0.1, 0.15) is 258 Å². The largest absolute Gasteiger partial charge is 0.472 e. The molecule has 0 aromatic rings. The van der Waals surface area contributed by atoms with Gasteiger partial charge < -0.3 is 20.1 Å². The van der Waals surface area contributed by atoms with Gasteiger partial charge in [0.2, 0.25) is 0 Å². The number of ether oxygens (including phenoxy) is 2. The van der Waals surface area contributed by atoms with E-state index in [-0.39, 0.29) is 32.3 Å². The minimum atomic E-state index is -4.29. The summed E-state index contributed by atoms with van der Waals surface area (Å²) in [6.07, 6.45) is 76.3. The van der Waals surface area contributed by atoms with E-state index in [1.54, 1.807) is 0 Å². The molecule has 8 nitrogen and oxygen atoms in total. The van der Waals surface area contributed by atoms with Crippen molar-refractivity contribution in [1.29, 1.82) is 0 Å². The Morgan fingerprint density at radius 1 is 0.443 bits per heavy atom. The molecule has 0 radical (unpaired) electrons. The first-order valence-corrected chi connectivity index (χ1v) is 30.6. The molecule has 0 fully saturated rings. The highest BCUT2D eigenvalue weighted by atomic mass is 31.2. The first-order valence-electron chi connectivity index (χ1n) is 29.1. The van der Waals surface area contributed by atoms with Gasteiger partial charge in [0.15, 0.2) is 0 Å². The molecule has 2 atom stereocenters. The van der Waals surface area contributed by atoms with Crippen LogP contribution in [0.15, 0.2) is 85.1 Å². The van der Waals surface area contributed by atoms with Gasteiger partial charge in [-0.2, -0.15) is 0 Å². The van der Waals surface area contributed by atoms with Gasteiger partial charge in [-0.1, -0.05) is 247 Å². The van der Waals surface area contributed by atoms with Crippen LogP contribution in [0.5, 0.6) is 0 Å². The van der Waals surface area contributed by atoms with E-state index in [2.05, 4.69) is 98.9 Å². The number of hydrogen-bond donors (Lipinski definition) is 2. The van der Waals surface area contributed by atoms with Gasteiger partial charge in [0, 0.05) is 19.6 Å². The summed E-state index contributed by atoms with van der Waals surface area (Å²) in [7, 11) is -4.29. The fourth-order valence-electron chi connectivity index (χ4n) is 8.06. The van der Waals surface area contributed by atoms with Crippen LogP contribution in [0, 0.1) is 0 Å². The summed E-state index contributed by atoms with van der Waals surface area (Å²) in [6.45, 7) is 4.81. The fourth-order valence-corrected chi connectivity index (χ4v) is 8.82. The molecule has 2 unspecified atom stereocenters. The number of unbranched alkanes of at least 4 members (excludes halogenated alkanes) is 28. The maximum atomic E-state index is 12.7. The Balaban J connectivity index is 3.90. The van der Waals surface area contributed by atoms with E-state index in [0.29, 0.717) is 13.0 Å². The topological polar surface area (TPSA) is 117 Å². The normalized spacial score (nSPS) is 13.8. The molecule has 0 spiro atoms. The summed E-state index contributed by atoms with van der Waals surface area (Å²) in [4.78, 5) is 22.7. The van der Waals surface area contributed by atoms with Crippen molar-refractivity contribution >= 4 is 13.8 Å². The first-order chi connectivity index (χ1) is 34.4. The molecule has 0 heterocycles. The lowest BCUT2D eigenvalue weighted by molar-refractivity contribution is -0.154. The third kappa shape index (κ3) is 56.6. The molecule has 0 aromatic heterocycles. The number of phosphoric acid groups is 1. The Morgan fingerprint density at radius 2 is 0.800 bits per heavy atom. The molecule has 0 aliphatic heterocycles. The number of carbonyl (C=O) groups is 1. The van der Waals surface area contributed by atoms with Gasteiger partial charge in [-0.15, -0.1) is 0 Å².